The van der Waals surface area contributed by atoms with Gasteiger partial charge in [-0.3, -0.25) is 9.78 Å². The Bertz CT molecular complexity index is 1120. The molecule has 0 aliphatic rings. The van der Waals surface area contributed by atoms with E-state index in [0.717, 1.165) is 4.90 Å². The highest BCUT2D eigenvalue weighted by Gasteiger charge is 2.37. The molecule has 0 saturated carbocycles. The van der Waals surface area contributed by atoms with Gasteiger partial charge in [-0.25, -0.2) is 0 Å². The predicted octanol–water partition coefficient (Wildman–Crippen LogP) is 7.17. The normalized spacial score (nSPS) is 13.1. The molecule has 1 aromatic heterocycles. The van der Waals surface area contributed by atoms with Crippen LogP contribution in [0.2, 0.25) is 0 Å². The number of hydrogen-bond acceptors (Lipinski definition) is 2. The number of halogens is 7. The highest BCUT2D eigenvalue weighted by Crippen LogP contribution is 2.37. The van der Waals surface area contributed by atoms with Crippen molar-refractivity contribution in [2.75, 3.05) is 7.05 Å². The fourth-order valence-electron chi connectivity index (χ4n) is 3.28. The average Bonchev–Trinajstić information content (AvgIpc) is 2.72. The van der Waals surface area contributed by atoms with Crippen molar-refractivity contribution in [1.29, 1.82) is 0 Å². The molecule has 0 unspecified atom stereocenters. The summed E-state index contributed by atoms with van der Waals surface area (Å²) < 4.78 is 79.1. The lowest BCUT2D eigenvalue weighted by molar-refractivity contribution is -0.143. The Labute approximate surface area is 198 Å². The quantitative estimate of drug-likeness (QED) is 0.238. The van der Waals surface area contributed by atoms with E-state index in [9.17, 15) is 31.1 Å². The lowest BCUT2D eigenvalue weighted by atomic mass is 9.95. The van der Waals surface area contributed by atoms with Gasteiger partial charge < -0.3 is 4.90 Å². The fraction of sp³-hybridized carbons (Fsp3) is 0.250. The molecule has 2 aromatic rings. The molecule has 0 atom stereocenters. The third-order valence-corrected chi connectivity index (χ3v) is 4.93. The van der Waals surface area contributed by atoms with Crippen LogP contribution in [-0.2, 0) is 23.7 Å². The van der Waals surface area contributed by atoms with Crippen molar-refractivity contribution in [3.05, 3.63) is 93.8 Å². The van der Waals surface area contributed by atoms with Crippen molar-refractivity contribution in [2.45, 2.75) is 32.7 Å². The van der Waals surface area contributed by atoms with Crippen LogP contribution in [0.25, 0.3) is 5.57 Å². The Morgan fingerprint density at radius 3 is 2.12 bits per heavy atom. The Balaban J connectivity index is 2.47. The van der Waals surface area contributed by atoms with Gasteiger partial charge in [0.15, 0.2) is 0 Å². The second kappa shape index (κ2) is 10.5. The van der Waals surface area contributed by atoms with Gasteiger partial charge in [-0.1, -0.05) is 30.3 Å². The molecule has 0 saturated heterocycles. The number of pyridine rings is 1. The van der Waals surface area contributed by atoms with Crippen LogP contribution in [0.5, 0.6) is 0 Å². The van der Waals surface area contributed by atoms with Gasteiger partial charge in [0, 0.05) is 41.7 Å². The summed E-state index contributed by atoms with van der Waals surface area (Å²) >= 11 is 5.95. The number of likely N-dealkylation sites (N-methyl/N-ethyl adjacent to an activating group) is 1. The van der Waals surface area contributed by atoms with E-state index in [-0.39, 0.29) is 22.2 Å². The summed E-state index contributed by atoms with van der Waals surface area (Å²) in [6, 6.07) is 4.58. The first kappa shape index (κ1) is 27.2. The van der Waals surface area contributed by atoms with Crippen molar-refractivity contribution in [3.63, 3.8) is 0 Å². The van der Waals surface area contributed by atoms with Crippen LogP contribution in [0.4, 0.5) is 26.3 Å². The largest absolute Gasteiger partial charge is 0.416 e. The molecular weight excluding hydrogens is 482 g/mol. The first-order valence-electron chi connectivity index (χ1n) is 9.83. The highest BCUT2D eigenvalue weighted by molar-refractivity contribution is 6.31. The zero-order chi connectivity index (χ0) is 25.8. The molecule has 0 radical (unpaired) electrons. The summed E-state index contributed by atoms with van der Waals surface area (Å²) in [7, 11) is 1.28. The second-order valence-electron chi connectivity index (χ2n) is 7.42. The number of carbonyl (C=O) groups is 1. The van der Waals surface area contributed by atoms with Crippen molar-refractivity contribution in [3.8, 4) is 0 Å². The smallest absolute Gasteiger partial charge is 0.337 e. The van der Waals surface area contributed by atoms with Crippen LogP contribution in [-0.4, -0.2) is 22.8 Å². The highest BCUT2D eigenvalue weighted by atomic mass is 35.5. The zero-order valence-corrected chi connectivity index (χ0v) is 19.2. The Kier molecular flexibility index (Phi) is 8.36. The summed E-state index contributed by atoms with van der Waals surface area (Å²) in [5.41, 5.74) is -1.58. The predicted molar refractivity (Wildman–Crippen MR) is 119 cm³/mol. The SMILES string of the molecule is C=C(Cl)/C=C(\C(=C/C)C(=O)N(C)Cc1cc(C(F)(F)F)cc(C(F)(F)F)c1)c1cccnc1C. The van der Waals surface area contributed by atoms with Gasteiger partial charge in [0.05, 0.1) is 11.1 Å². The standard InChI is InChI=1S/C24H21ClF6N2O/c1-5-19(21(9-14(2)25)20-7-6-8-32-15(20)3)22(34)33(4)13-16-10-17(23(26,27)28)12-18(11-16)24(29,30)31/h5-12H,2,13H2,1,3-4H3/b19-5+,21-9+. The van der Waals surface area contributed by atoms with Gasteiger partial charge in [0.1, 0.15) is 0 Å². The monoisotopic (exact) mass is 502 g/mol. The van der Waals surface area contributed by atoms with Crippen LogP contribution in [0, 0.1) is 6.92 Å². The summed E-state index contributed by atoms with van der Waals surface area (Å²) in [6.45, 7) is 6.40. The summed E-state index contributed by atoms with van der Waals surface area (Å²) in [4.78, 5) is 18.4. The third kappa shape index (κ3) is 6.72. The van der Waals surface area contributed by atoms with E-state index in [1.165, 1.54) is 19.2 Å². The molecule has 0 bridgehead atoms. The number of nitrogens with zero attached hydrogens (tertiary/aromatic N) is 2. The maximum atomic E-state index is 13.2. The fourth-order valence-corrected chi connectivity index (χ4v) is 3.39. The number of allylic oxidation sites excluding steroid dienone is 3. The summed E-state index contributed by atoms with van der Waals surface area (Å²) in [6.07, 6.45) is -5.49. The van der Waals surface area contributed by atoms with Gasteiger partial charge in [0.2, 0.25) is 0 Å². The van der Waals surface area contributed by atoms with E-state index in [4.69, 9.17) is 11.6 Å². The molecule has 34 heavy (non-hydrogen) atoms. The van der Waals surface area contributed by atoms with Crippen LogP contribution in [0.1, 0.15) is 34.9 Å². The number of rotatable bonds is 6. The molecule has 0 aliphatic heterocycles. The minimum Gasteiger partial charge on any atom is -0.337 e. The van der Waals surface area contributed by atoms with Crippen LogP contribution in [0.15, 0.2) is 65.9 Å². The van der Waals surface area contributed by atoms with Crippen molar-refractivity contribution in [2.24, 2.45) is 0 Å². The number of alkyl halides is 6. The van der Waals surface area contributed by atoms with Crippen LogP contribution < -0.4 is 0 Å². The zero-order valence-electron chi connectivity index (χ0n) is 18.5. The van der Waals surface area contributed by atoms with E-state index in [1.807, 2.05) is 0 Å². The van der Waals surface area contributed by atoms with Crippen molar-refractivity contribution < 1.29 is 31.1 Å². The molecule has 0 spiro atoms. The minimum absolute atomic E-state index is 0.0425. The summed E-state index contributed by atoms with van der Waals surface area (Å²) in [5.74, 6) is -0.638. The van der Waals surface area contributed by atoms with E-state index in [2.05, 4.69) is 11.6 Å². The second-order valence-corrected chi connectivity index (χ2v) is 7.90. The summed E-state index contributed by atoms with van der Waals surface area (Å²) in [5, 5.41) is 0.112. The number of aromatic nitrogens is 1. The lowest BCUT2D eigenvalue weighted by Gasteiger charge is -2.22. The number of carbonyl (C=O) groups excluding carboxylic acids is 1. The van der Waals surface area contributed by atoms with E-state index < -0.39 is 35.9 Å². The van der Waals surface area contributed by atoms with E-state index in [0.29, 0.717) is 29.0 Å². The molecule has 1 amide bonds. The number of benzene rings is 1. The molecule has 3 nitrogen and oxygen atoms in total. The van der Waals surface area contributed by atoms with E-state index >= 15 is 0 Å². The van der Waals surface area contributed by atoms with Gasteiger partial charge in [-0.05, 0) is 55.3 Å². The topological polar surface area (TPSA) is 33.2 Å². The van der Waals surface area contributed by atoms with Crippen LogP contribution >= 0.6 is 11.6 Å². The van der Waals surface area contributed by atoms with Gasteiger partial charge in [-0.15, -0.1) is 0 Å². The maximum absolute atomic E-state index is 13.2. The number of hydrogen-bond donors (Lipinski definition) is 0. The molecule has 2 rings (SSSR count). The molecule has 0 fully saturated rings. The molecule has 0 N–H and O–H groups in total. The Hall–Kier alpha value is -3.07. The maximum Gasteiger partial charge on any atom is 0.416 e. The van der Waals surface area contributed by atoms with Crippen LogP contribution in [0.3, 0.4) is 0 Å². The van der Waals surface area contributed by atoms with Gasteiger partial charge in [-0.2, -0.15) is 26.3 Å². The number of amides is 1. The molecule has 1 aromatic carbocycles. The lowest BCUT2D eigenvalue weighted by Crippen LogP contribution is -2.28. The molecule has 182 valence electrons. The Morgan fingerprint density at radius 1 is 1.12 bits per heavy atom. The third-order valence-electron chi connectivity index (χ3n) is 4.82. The van der Waals surface area contributed by atoms with Crippen molar-refractivity contribution >= 4 is 23.1 Å². The molecule has 1 heterocycles. The first-order valence-corrected chi connectivity index (χ1v) is 10.2. The van der Waals surface area contributed by atoms with E-state index in [1.54, 1.807) is 32.2 Å². The first-order chi connectivity index (χ1) is 15.6. The Morgan fingerprint density at radius 2 is 1.68 bits per heavy atom. The molecule has 10 heteroatoms. The average molecular weight is 503 g/mol. The number of aryl methyl sites for hydroxylation is 1. The van der Waals surface area contributed by atoms with Gasteiger partial charge in [0.25, 0.3) is 5.91 Å². The molecular formula is C24H21ClF6N2O. The van der Waals surface area contributed by atoms with Crippen molar-refractivity contribution in [1.82, 2.24) is 9.88 Å². The minimum atomic E-state index is -4.98. The molecule has 0 aliphatic carbocycles. The van der Waals surface area contributed by atoms with Gasteiger partial charge >= 0.3 is 12.4 Å².